The van der Waals surface area contributed by atoms with E-state index in [2.05, 4.69) is 21.1 Å². The second-order valence-electron chi connectivity index (χ2n) is 8.80. The Balaban J connectivity index is 1.69. The summed E-state index contributed by atoms with van der Waals surface area (Å²) >= 11 is 0. The number of amides is 1. The number of imidazole rings is 1. The number of rotatable bonds is 9. The normalized spacial score (nSPS) is 11.9. The number of fused-ring (bicyclic) bond motifs is 2. The molecule has 1 N–H and O–H groups in total. The lowest BCUT2D eigenvalue weighted by Crippen LogP contribution is -2.37. The van der Waals surface area contributed by atoms with Crippen molar-refractivity contribution in [3.8, 4) is 17.9 Å². The number of likely N-dealkylation sites (N-methyl/N-ethyl adjacent to an activating group) is 1. The van der Waals surface area contributed by atoms with E-state index in [1.165, 1.54) is 17.0 Å². The predicted octanol–water partition coefficient (Wildman–Crippen LogP) is 3.00. The van der Waals surface area contributed by atoms with Gasteiger partial charge in [-0.1, -0.05) is 18.2 Å². The summed E-state index contributed by atoms with van der Waals surface area (Å²) in [5.41, 5.74) is 1.03. The Labute approximate surface area is 215 Å². The van der Waals surface area contributed by atoms with Gasteiger partial charge in [0.05, 0.1) is 46.1 Å². The molecule has 0 aliphatic carbocycles. The van der Waals surface area contributed by atoms with Crippen molar-refractivity contribution < 1.29 is 18.3 Å². The Hall–Kier alpha value is -4.84. The van der Waals surface area contributed by atoms with Gasteiger partial charge in [-0.15, -0.1) is 0 Å². The highest BCUT2D eigenvalue weighted by Gasteiger charge is 2.18. The van der Waals surface area contributed by atoms with Crippen LogP contribution in [0.3, 0.4) is 0 Å². The molecule has 0 saturated heterocycles. The van der Waals surface area contributed by atoms with E-state index in [1.54, 1.807) is 38.2 Å². The van der Waals surface area contributed by atoms with E-state index in [4.69, 9.17) is 10.00 Å². The molecule has 1 atom stereocenters. The first-order valence-corrected chi connectivity index (χ1v) is 11.7. The Morgan fingerprint density at radius 3 is 2.66 bits per heavy atom. The Kier molecular flexibility index (Phi) is 7.63. The third kappa shape index (κ3) is 5.60. The van der Waals surface area contributed by atoms with Gasteiger partial charge >= 0.3 is 0 Å². The first kappa shape index (κ1) is 26.2. The molecule has 2 aromatic carbocycles. The van der Waals surface area contributed by atoms with Crippen LogP contribution in [0.5, 0.6) is 5.75 Å². The molecule has 0 bridgehead atoms. The number of aromatic amines is 1. The molecule has 0 aliphatic heterocycles. The van der Waals surface area contributed by atoms with Crippen LogP contribution in [-0.4, -0.2) is 57.2 Å². The third-order valence-corrected chi connectivity index (χ3v) is 5.88. The number of hydrogen-bond acceptors (Lipinski definition) is 7. The zero-order valence-electron chi connectivity index (χ0n) is 20.6. The minimum atomic E-state index is -2.69. The molecular weight excluding hydrogens is 496 g/mol. The van der Waals surface area contributed by atoms with Gasteiger partial charge in [0, 0.05) is 25.0 Å². The second-order valence-corrected chi connectivity index (χ2v) is 8.80. The predicted molar refractivity (Wildman–Crippen MR) is 134 cm³/mol. The van der Waals surface area contributed by atoms with E-state index in [0.29, 0.717) is 33.3 Å². The van der Waals surface area contributed by atoms with Gasteiger partial charge in [0.15, 0.2) is 0 Å². The second kappa shape index (κ2) is 11.0. The number of nitrogens with one attached hydrogen (secondary N) is 1. The summed E-state index contributed by atoms with van der Waals surface area (Å²) in [5.74, 6) is -0.270. The molecule has 0 fully saturated rings. The highest BCUT2D eigenvalue weighted by atomic mass is 19.3. The Bertz CT molecular complexity index is 1650. The minimum absolute atomic E-state index is 0.0148. The number of carbonyl (C=O) groups excluding carboxylic acids is 1. The van der Waals surface area contributed by atoms with Gasteiger partial charge in [-0.25, -0.2) is 18.4 Å². The highest BCUT2D eigenvalue weighted by molar-refractivity contribution is 5.85. The highest BCUT2D eigenvalue weighted by Crippen LogP contribution is 2.26. The van der Waals surface area contributed by atoms with Crippen LogP contribution in [0.4, 0.5) is 8.78 Å². The van der Waals surface area contributed by atoms with Gasteiger partial charge in [-0.3, -0.25) is 9.59 Å². The average molecular weight is 520 g/mol. The molecule has 1 unspecified atom stereocenters. The van der Waals surface area contributed by atoms with Crippen molar-refractivity contribution in [1.82, 2.24) is 24.6 Å². The van der Waals surface area contributed by atoms with E-state index in [0.717, 1.165) is 4.68 Å². The number of hydrogen-bond donors (Lipinski definition) is 1. The number of nitrogens with zero attached hydrogens (tertiary/aromatic N) is 6. The number of alkyl halides is 2. The first-order chi connectivity index (χ1) is 18.2. The molecule has 0 aliphatic rings. The van der Waals surface area contributed by atoms with E-state index >= 15 is 0 Å². The number of ether oxygens (including phenoxy) is 1. The maximum Gasteiger partial charge on any atom is 0.275 e. The van der Waals surface area contributed by atoms with Crippen LogP contribution in [0.2, 0.25) is 0 Å². The van der Waals surface area contributed by atoms with Crippen molar-refractivity contribution in [1.29, 1.82) is 10.5 Å². The Morgan fingerprint density at radius 1 is 1.24 bits per heavy atom. The molecule has 4 rings (SSSR count). The average Bonchev–Trinajstić information content (AvgIpc) is 3.30. The lowest BCUT2D eigenvalue weighted by Gasteiger charge is -2.19. The van der Waals surface area contributed by atoms with Crippen LogP contribution < -0.4 is 10.3 Å². The van der Waals surface area contributed by atoms with Crippen molar-refractivity contribution in [2.75, 3.05) is 20.2 Å². The van der Waals surface area contributed by atoms with Gasteiger partial charge in [-0.2, -0.15) is 15.6 Å². The number of benzene rings is 2. The molecule has 10 nitrogen and oxygen atoms in total. The zero-order valence-corrected chi connectivity index (χ0v) is 20.6. The summed E-state index contributed by atoms with van der Waals surface area (Å²) in [5, 5.41) is 23.8. The summed E-state index contributed by atoms with van der Waals surface area (Å²) in [7, 11) is 1.56. The summed E-state index contributed by atoms with van der Waals surface area (Å²) in [6, 6.07) is 13.8. The van der Waals surface area contributed by atoms with Crippen LogP contribution in [0, 0.1) is 28.6 Å². The Morgan fingerprint density at radius 2 is 1.97 bits per heavy atom. The standard InChI is InChI=1S/C26H23F2N7O3/c1-15(10-29)12-34(2)25(36)13-35-26(37)18-6-4-3-5-17(18)19(33-35)9-24-31-20-7-16(11-30)22(8-21(20)32-24)38-14-23(27)28/h3-8,15,23H,9,12-14H2,1-2H3,(H,31,32). The van der Waals surface area contributed by atoms with Gasteiger partial charge in [0.2, 0.25) is 5.91 Å². The molecule has 2 heterocycles. The topological polar surface area (TPSA) is 141 Å². The lowest BCUT2D eigenvalue weighted by molar-refractivity contribution is -0.131. The van der Waals surface area contributed by atoms with E-state index < -0.39 is 18.6 Å². The molecule has 38 heavy (non-hydrogen) atoms. The van der Waals surface area contributed by atoms with Crippen LogP contribution in [0.1, 0.15) is 24.0 Å². The monoisotopic (exact) mass is 519 g/mol. The fourth-order valence-corrected chi connectivity index (χ4v) is 4.04. The smallest absolute Gasteiger partial charge is 0.275 e. The number of aromatic nitrogens is 4. The number of halogens is 2. The van der Waals surface area contributed by atoms with Crippen LogP contribution in [-0.2, 0) is 17.8 Å². The number of carbonyl (C=O) groups is 1. The molecule has 194 valence electrons. The molecule has 0 saturated carbocycles. The fraction of sp³-hybridized carbons (Fsp3) is 0.308. The van der Waals surface area contributed by atoms with E-state index in [9.17, 15) is 23.6 Å². The van der Waals surface area contributed by atoms with Crippen molar-refractivity contribution in [3.63, 3.8) is 0 Å². The van der Waals surface area contributed by atoms with Crippen molar-refractivity contribution in [2.45, 2.75) is 26.3 Å². The largest absolute Gasteiger partial charge is 0.486 e. The van der Waals surface area contributed by atoms with E-state index in [-0.39, 0.29) is 42.6 Å². The fourth-order valence-electron chi connectivity index (χ4n) is 4.04. The van der Waals surface area contributed by atoms with Crippen LogP contribution in [0.25, 0.3) is 21.8 Å². The molecule has 4 aromatic rings. The summed E-state index contributed by atoms with van der Waals surface area (Å²) in [6.45, 7) is 0.768. The number of H-pyrrole nitrogens is 1. The van der Waals surface area contributed by atoms with Gasteiger partial charge in [0.25, 0.3) is 12.0 Å². The minimum Gasteiger partial charge on any atom is -0.486 e. The van der Waals surface area contributed by atoms with Crippen LogP contribution in [0.15, 0.2) is 41.2 Å². The van der Waals surface area contributed by atoms with E-state index in [1.807, 2.05) is 6.07 Å². The molecule has 0 radical (unpaired) electrons. The van der Waals surface area contributed by atoms with Crippen molar-refractivity contribution in [3.05, 3.63) is 63.8 Å². The lowest BCUT2D eigenvalue weighted by atomic mass is 10.1. The number of nitriles is 2. The maximum absolute atomic E-state index is 13.1. The molecular formula is C26H23F2N7O3. The van der Waals surface area contributed by atoms with Crippen molar-refractivity contribution >= 4 is 27.7 Å². The van der Waals surface area contributed by atoms with Gasteiger partial charge < -0.3 is 14.6 Å². The van der Waals surface area contributed by atoms with Gasteiger partial charge in [0.1, 0.15) is 30.8 Å². The quantitative estimate of drug-likeness (QED) is 0.358. The maximum atomic E-state index is 13.1. The molecule has 1 amide bonds. The zero-order chi connectivity index (χ0) is 27.4. The van der Waals surface area contributed by atoms with Crippen LogP contribution >= 0.6 is 0 Å². The first-order valence-electron chi connectivity index (χ1n) is 11.7. The summed E-state index contributed by atoms with van der Waals surface area (Å²) in [4.78, 5) is 34.8. The molecule has 2 aromatic heterocycles. The molecule has 0 spiro atoms. The van der Waals surface area contributed by atoms with Gasteiger partial charge in [-0.05, 0) is 19.1 Å². The SMILES string of the molecule is CC(C#N)CN(C)C(=O)Cn1nc(Cc2nc3cc(C#N)c(OCC(F)F)cc3[nH]2)c2ccccc2c1=O. The molecule has 12 heteroatoms. The summed E-state index contributed by atoms with van der Waals surface area (Å²) in [6.07, 6.45) is -2.54. The summed E-state index contributed by atoms with van der Waals surface area (Å²) < 4.78 is 31.4. The third-order valence-electron chi connectivity index (χ3n) is 5.88. The van der Waals surface area contributed by atoms with Crippen molar-refractivity contribution in [2.24, 2.45) is 5.92 Å².